The number of rotatable bonds is 11. The number of amides is 1. The Labute approximate surface area is 207 Å². The number of hydrogen-bond acceptors (Lipinski definition) is 5. The number of hydrogen-bond donors (Lipinski definition) is 2. The van der Waals surface area contributed by atoms with E-state index in [1.54, 1.807) is 11.3 Å². The van der Waals surface area contributed by atoms with Crippen molar-refractivity contribution < 1.29 is 19.4 Å². The lowest BCUT2D eigenvalue weighted by atomic mass is 9.85. The average molecular weight is 486 g/mol. The molecule has 3 rings (SSSR count). The largest absolute Gasteiger partial charge is 0.493 e. The molecule has 0 bridgehead atoms. The monoisotopic (exact) mass is 485 g/mol. The first-order valence-corrected chi connectivity index (χ1v) is 13.2. The number of ketones is 1. The van der Waals surface area contributed by atoms with Gasteiger partial charge in [0.05, 0.1) is 11.5 Å². The molecule has 1 amide bonds. The molecule has 1 heterocycles. The van der Waals surface area contributed by atoms with Crippen LogP contribution in [0.4, 0.5) is 0 Å². The van der Waals surface area contributed by atoms with E-state index in [1.165, 1.54) is 16.0 Å². The molecule has 5 nitrogen and oxygen atoms in total. The Kier molecular flexibility index (Phi) is 8.94. The summed E-state index contributed by atoms with van der Waals surface area (Å²) in [4.78, 5) is 26.6. The van der Waals surface area contributed by atoms with E-state index < -0.39 is 6.61 Å². The molecule has 1 aromatic carbocycles. The van der Waals surface area contributed by atoms with Crippen LogP contribution in [-0.2, 0) is 17.6 Å². The van der Waals surface area contributed by atoms with Crippen LogP contribution in [0.3, 0.4) is 0 Å². The van der Waals surface area contributed by atoms with Crippen LogP contribution in [-0.4, -0.2) is 36.6 Å². The molecular formula is C28H39NO4S. The van der Waals surface area contributed by atoms with Gasteiger partial charge < -0.3 is 15.2 Å². The van der Waals surface area contributed by atoms with Gasteiger partial charge in [0.15, 0.2) is 5.78 Å². The Hall–Kier alpha value is -2.18. The van der Waals surface area contributed by atoms with Gasteiger partial charge in [0.25, 0.3) is 0 Å². The van der Waals surface area contributed by atoms with Gasteiger partial charge in [0.1, 0.15) is 12.4 Å². The highest BCUT2D eigenvalue weighted by Crippen LogP contribution is 2.47. The third kappa shape index (κ3) is 5.89. The van der Waals surface area contributed by atoms with E-state index in [0.717, 1.165) is 40.2 Å². The number of Topliss-reactive ketones (excluding diaryl/α,β-unsaturated/α-hetero) is 1. The lowest BCUT2D eigenvalue weighted by molar-refractivity contribution is -0.123. The fourth-order valence-corrected chi connectivity index (χ4v) is 6.64. The van der Waals surface area contributed by atoms with Crippen molar-refractivity contribution in [2.24, 2.45) is 11.8 Å². The molecule has 2 aromatic rings. The predicted octanol–water partition coefficient (Wildman–Crippen LogP) is 5.30. The first kappa shape index (κ1) is 26.4. The number of nitrogens with one attached hydrogen (secondary N) is 1. The van der Waals surface area contributed by atoms with Gasteiger partial charge in [-0.2, -0.15) is 0 Å². The Morgan fingerprint density at radius 2 is 1.88 bits per heavy atom. The summed E-state index contributed by atoms with van der Waals surface area (Å²) in [6.07, 6.45) is 2.95. The second-order valence-corrected chi connectivity index (χ2v) is 11.2. The van der Waals surface area contributed by atoms with Gasteiger partial charge in [-0.25, -0.2) is 0 Å². The second kappa shape index (κ2) is 11.5. The fourth-order valence-electron chi connectivity index (χ4n) is 5.38. The SMILES string of the molecule is Cc1cc(CCC(=O)c2sc(C)c3c2C[C@@H](C(C)C)[C@H]3C)cc(C)c1OCCCNC(=O)CO. The highest BCUT2D eigenvalue weighted by molar-refractivity contribution is 7.14. The summed E-state index contributed by atoms with van der Waals surface area (Å²) in [5.74, 6) is 2.56. The molecule has 2 atom stereocenters. The van der Waals surface area contributed by atoms with E-state index in [4.69, 9.17) is 9.84 Å². The standard InChI is InChI=1S/C28H39NO4S/c1-16(2)22-14-23-26(19(22)5)20(6)34-28(23)24(31)9-8-21-12-17(3)27(18(4)13-21)33-11-7-10-29-25(32)15-30/h12-13,16,19,22,30H,7-11,14-15H2,1-6H3,(H,29,32)/t19-,22+/m1/s1. The number of aryl methyl sites for hydroxylation is 4. The maximum Gasteiger partial charge on any atom is 0.245 e. The van der Waals surface area contributed by atoms with Gasteiger partial charge in [-0.15, -0.1) is 11.3 Å². The van der Waals surface area contributed by atoms with Gasteiger partial charge in [0.2, 0.25) is 5.91 Å². The fraction of sp³-hybridized carbons (Fsp3) is 0.571. The van der Waals surface area contributed by atoms with Gasteiger partial charge >= 0.3 is 0 Å². The maximum absolute atomic E-state index is 13.2. The van der Waals surface area contributed by atoms with E-state index >= 15 is 0 Å². The van der Waals surface area contributed by atoms with Crippen LogP contribution in [0.25, 0.3) is 0 Å². The molecule has 0 spiro atoms. The van der Waals surface area contributed by atoms with E-state index in [0.29, 0.717) is 43.7 Å². The molecule has 1 aromatic heterocycles. The zero-order valence-corrected chi connectivity index (χ0v) is 22.2. The molecule has 0 unspecified atom stereocenters. The van der Waals surface area contributed by atoms with Gasteiger partial charge in [0, 0.05) is 17.8 Å². The summed E-state index contributed by atoms with van der Waals surface area (Å²) >= 11 is 1.69. The zero-order valence-electron chi connectivity index (χ0n) is 21.4. The van der Waals surface area contributed by atoms with Crippen LogP contribution in [0, 0.1) is 32.6 Å². The van der Waals surface area contributed by atoms with Crippen molar-refractivity contribution in [3.05, 3.63) is 49.7 Å². The molecule has 0 fully saturated rings. The topological polar surface area (TPSA) is 75.6 Å². The summed E-state index contributed by atoms with van der Waals surface area (Å²) in [7, 11) is 0. The lowest BCUT2D eigenvalue weighted by Gasteiger charge is -2.20. The van der Waals surface area contributed by atoms with Crippen LogP contribution in [0.15, 0.2) is 12.1 Å². The first-order valence-electron chi connectivity index (χ1n) is 12.4. The van der Waals surface area contributed by atoms with Crippen LogP contribution in [0.2, 0.25) is 0 Å². The highest BCUT2D eigenvalue weighted by Gasteiger charge is 2.36. The van der Waals surface area contributed by atoms with Crippen LogP contribution in [0.5, 0.6) is 5.75 Å². The maximum atomic E-state index is 13.2. The van der Waals surface area contributed by atoms with E-state index in [1.807, 2.05) is 13.8 Å². The number of aliphatic hydroxyl groups is 1. The zero-order chi connectivity index (χ0) is 25.0. The molecule has 2 N–H and O–H groups in total. The summed E-state index contributed by atoms with van der Waals surface area (Å²) in [5, 5.41) is 11.4. The van der Waals surface area contributed by atoms with Gasteiger partial charge in [-0.3, -0.25) is 9.59 Å². The molecular weight excluding hydrogens is 446 g/mol. The summed E-state index contributed by atoms with van der Waals surface area (Å²) in [6.45, 7) is 13.6. The Morgan fingerprint density at radius 1 is 1.21 bits per heavy atom. The number of thiophene rings is 1. The molecule has 0 saturated carbocycles. The molecule has 34 heavy (non-hydrogen) atoms. The number of fused-ring (bicyclic) bond motifs is 1. The lowest BCUT2D eigenvalue weighted by Crippen LogP contribution is -2.28. The first-order chi connectivity index (χ1) is 16.1. The number of ether oxygens (including phenoxy) is 1. The Morgan fingerprint density at radius 3 is 2.50 bits per heavy atom. The van der Waals surface area contributed by atoms with E-state index in [2.05, 4.69) is 45.1 Å². The third-order valence-electron chi connectivity index (χ3n) is 7.07. The van der Waals surface area contributed by atoms with Crippen molar-refractivity contribution in [1.29, 1.82) is 0 Å². The predicted molar refractivity (Wildman–Crippen MR) is 138 cm³/mol. The molecule has 0 radical (unpaired) electrons. The Bertz CT molecular complexity index is 1020. The smallest absolute Gasteiger partial charge is 0.245 e. The van der Waals surface area contributed by atoms with Crippen LogP contribution >= 0.6 is 11.3 Å². The quantitative estimate of drug-likeness (QED) is 0.335. The molecule has 6 heteroatoms. The molecule has 1 aliphatic carbocycles. The van der Waals surface area contributed by atoms with Crippen LogP contribution < -0.4 is 10.1 Å². The number of aliphatic hydroxyl groups excluding tert-OH is 1. The van der Waals surface area contributed by atoms with Crippen molar-refractivity contribution >= 4 is 23.0 Å². The normalized spacial score (nSPS) is 17.2. The second-order valence-electron chi connectivity index (χ2n) is 9.97. The molecule has 0 saturated heterocycles. The van der Waals surface area contributed by atoms with Gasteiger partial charge in [-0.05, 0) is 85.6 Å². The summed E-state index contributed by atoms with van der Waals surface area (Å²) in [5.41, 5.74) is 6.04. The minimum absolute atomic E-state index is 0.270. The number of carbonyl (C=O) groups excluding carboxylic acids is 2. The van der Waals surface area contributed by atoms with Crippen molar-refractivity contribution in [2.75, 3.05) is 19.8 Å². The Balaban J connectivity index is 1.59. The molecule has 186 valence electrons. The number of benzene rings is 1. The highest BCUT2D eigenvalue weighted by atomic mass is 32.1. The molecule has 1 aliphatic rings. The van der Waals surface area contributed by atoms with Crippen molar-refractivity contribution in [1.82, 2.24) is 5.32 Å². The van der Waals surface area contributed by atoms with E-state index in [9.17, 15) is 9.59 Å². The molecule has 0 aliphatic heterocycles. The van der Waals surface area contributed by atoms with Crippen molar-refractivity contribution in [3.8, 4) is 5.75 Å². The van der Waals surface area contributed by atoms with E-state index in [-0.39, 0.29) is 11.7 Å². The van der Waals surface area contributed by atoms with Gasteiger partial charge in [-0.1, -0.05) is 32.9 Å². The van der Waals surface area contributed by atoms with Crippen molar-refractivity contribution in [2.45, 2.75) is 73.1 Å². The number of carbonyl (C=O) groups is 2. The third-order valence-corrected chi connectivity index (χ3v) is 8.28. The van der Waals surface area contributed by atoms with Crippen molar-refractivity contribution in [3.63, 3.8) is 0 Å². The minimum atomic E-state index is -0.491. The summed E-state index contributed by atoms with van der Waals surface area (Å²) < 4.78 is 5.95. The average Bonchev–Trinajstić information content (AvgIpc) is 3.30. The van der Waals surface area contributed by atoms with Crippen LogP contribution in [0.1, 0.15) is 81.9 Å². The minimum Gasteiger partial charge on any atom is -0.493 e. The summed E-state index contributed by atoms with van der Waals surface area (Å²) in [6, 6.07) is 4.23.